The molecule has 0 radical (unpaired) electrons. The normalized spacial score (nSPS) is 17.6. The van der Waals surface area contributed by atoms with Crippen LogP contribution in [0.1, 0.15) is 34.3 Å². The molecule has 172 valence electrons. The van der Waals surface area contributed by atoms with Gasteiger partial charge in [0.25, 0.3) is 0 Å². The minimum atomic E-state index is -4.35. The number of rotatable bonds is 7. The Balaban J connectivity index is 1.28. The van der Waals surface area contributed by atoms with Crippen molar-refractivity contribution in [3.63, 3.8) is 0 Å². The molecule has 0 bridgehead atoms. The molecule has 2 aromatic heterocycles. The van der Waals surface area contributed by atoms with Gasteiger partial charge in [-0.15, -0.1) is 0 Å². The lowest BCUT2D eigenvalue weighted by Crippen LogP contribution is -2.38. The molecule has 1 aliphatic rings. The smallest absolute Gasteiger partial charge is 0.416 e. The third-order valence-electron chi connectivity index (χ3n) is 5.68. The van der Waals surface area contributed by atoms with E-state index in [1.165, 1.54) is 17.7 Å². The fraction of sp³-hybridized carbons (Fsp3) is 0.455. The van der Waals surface area contributed by atoms with E-state index < -0.39 is 11.7 Å². The lowest BCUT2D eigenvalue weighted by molar-refractivity contribution is -0.137. The van der Waals surface area contributed by atoms with E-state index >= 15 is 0 Å². The van der Waals surface area contributed by atoms with Crippen molar-refractivity contribution >= 4 is 0 Å². The number of nitrogens with zero attached hydrogens (tertiary/aromatic N) is 4. The molecule has 1 saturated heterocycles. The van der Waals surface area contributed by atoms with Crippen LogP contribution < -0.4 is 4.74 Å². The van der Waals surface area contributed by atoms with E-state index in [0.717, 1.165) is 48.8 Å². The predicted molar refractivity (Wildman–Crippen MR) is 111 cm³/mol. The number of alkyl halides is 3. The molecule has 0 saturated carbocycles. The fourth-order valence-electron chi connectivity index (χ4n) is 3.66. The van der Waals surface area contributed by atoms with Crippen LogP contribution in [0.4, 0.5) is 13.2 Å². The predicted octanol–water partition coefficient (Wildman–Crippen LogP) is 3.67. The number of morpholine rings is 1. The number of benzene rings is 1. The van der Waals surface area contributed by atoms with Gasteiger partial charge in [0.15, 0.2) is 0 Å². The summed E-state index contributed by atoms with van der Waals surface area (Å²) in [6, 6.07) is 6.65. The van der Waals surface area contributed by atoms with Crippen LogP contribution in [0, 0.1) is 6.92 Å². The number of hydrogen-bond acceptors (Lipinski definition) is 5. The molecular formula is C22H26F3N5O2. The number of ether oxygens (including phenoxy) is 2. The van der Waals surface area contributed by atoms with Gasteiger partial charge in [-0.2, -0.15) is 23.4 Å². The maximum atomic E-state index is 12.6. The molecule has 1 atom stereocenters. The van der Waals surface area contributed by atoms with Crippen LogP contribution in [0.2, 0.25) is 0 Å². The van der Waals surface area contributed by atoms with Gasteiger partial charge in [0.1, 0.15) is 11.9 Å². The standard InChI is InChI=1S/C22H26F3N5O2/c1-15-16(12-26-29(15)2)13-30-8-10-32-21(14-30)20-11-18(27-28-20)7-9-31-19-5-3-17(4-6-19)22(23,24)25/h3-6,11-12,21H,7-10,13-14H2,1-2H3,(H,27,28)/t21-/m0/s1. The third kappa shape index (κ3) is 5.31. The number of aryl methyl sites for hydroxylation is 1. The second-order valence-corrected chi connectivity index (χ2v) is 7.91. The Labute approximate surface area is 184 Å². The van der Waals surface area contributed by atoms with E-state index in [4.69, 9.17) is 9.47 Å². The molecular weight excluding hydrogens is 423 g/mol. The molecule has 3 aromatic rings. The molecule has 3 heterocycles. The highest BCUT2D eigenvalue weighted by molar-refractivity contribution is 5.29. The quantitative estimate of drug-likeness (QED) is 0.596. The maximum absolute atomic E-state index is 12.6. The molecule has 4 rings (SSSR count). The van der Waals surface area contributed by atoms with E-state index in [1.807, 2.05) is 24.0 Å². The number of H-pyrrole nitrogens is 1. The van der Waals surface area contributed by atoms with Crippen LogP contribution in [0.3, 0.4) is 0 Å². The summed E-state index contributed by atoms with van der Waals surface area (Å²) >= 11 is 0. The molecule has 0 spiro atoms. The maximum Gasteiger partial charge on any atom is 0.416 e. The zero-order chi connectivity index (χ0) is 22.7. The third-order valence-corrected chi connectivity index (χ3v) is 5.68. The molecule has 10 heteroatoms. The molecule has 1 N–H and O–H groups in total. The lowest BCUT2D eigenvalue weighted by Gasteiger charge is -2.32. The van der Waals surface area contributed by atoms with Crippen molar-refractivity contribution < 1.29 is 22.6 Å². The first-order valence-electron chi connectivity index (χ1n) is 10.5. The number of hydrogen-bond donors (Lipinski definition) is 1. The first-order valence-corrected chi connectivity index (χ1v) is 10.5. The second-order valence-electron chi connectivity index (χ2n) is 7.91. The fourth-order valence-corrected chi connectivity index (χ4v) is 3.66. The molecule has 0 amide bonds. The average molecular weight is 449 g/mol. The summed E-state index contributed by atoms with van der Waals surface area (Å²) in [5.41, 5.74) is 3.39. The van der Waals surface area contributed by atoms with Crippen LogP contribution in [-0.2, 0) is 30.9 Å². The monoisotopic (exact) mass is 449 g/mol. The largest absolute Gasteiger partial charge is 0.493 e. The first-order chi connectivity index (χ1) is 15.3. The van der Waals surface area contributed by atoms with Crippen LogP contribution in [0.25, 0.3) is 0 Å². The number of aromatic amines is 1. The summed E-state index contributed by atoms with van der Waals surface area (Å²) in [6.07, 6.45) is -2.01. The van der Waals surface area contributed by atoms with Crippen molar-refractivity contribution in [1.82, 2.24) is 24.9 Å². The van der Waals surface area contributed by atoms with E-state index in [-0.39, 0.29) is 6.10 Å². The van der Waals surface area contributed by atoms with Gasteiger partial charge in [-0.05, 0) is 37.3 Å². The Bertz CT molecular complexity index is 1030. The molecule has 0 aliphatic carbocycles. The SMILES string of the molecule is Cc1c(CN2CCO[C@H](c3cc(CCOc4ccc(C(F)(F)F)cc4)[nH]n3)C2)cnn1C. The summed E-state index contributed by atoms with van der Waals surface area (Å²) in [4.78, 5) is 2.33. The minimum absolute atomic E-state index is 0.124. The Hall–Kier alpha value is -2.85. The van der Waals surface area contributed by atoms with Crippen molar-refractivity contribution in [2.75, 3.05) is 26.3 Å². The Kier molecular flexibility index (Phi) is 6.52. The van der Waals surface area contributed by atoms with Gasteiger partial charge in [-0.3, -0.25) is 14.7 Å². The van der Waals surface area contributed by atoms with Gasteiger partial charge < -0.3 is 9.47 Å². The van der Waals surface area contributed by atoms with E-state index in [1.54, 1.807) is 0 Å². The van der Waals surface area contributed by atoms with Crippen molar-refractivity contribution in [3.05, 3.63) is 64.7 Å². The molecule has 1 fully saturated rings. The Morgan fingerprint density at radius 2 is 2.03 bits per heavy atom. The number of nitrogens with one attached hydrogen (secondary N) is 1. The van der Waals surface area contributed by atoms with E-state index in [9.17, 15) is 13.2 Å². The van der Waals surface area contributed by atoms with Gasteiger partial charge in [0, 0.05) is 50.1 Å². The van der Waals surface area contributed by atoms with Crippen LogP contribution in [0.5, 0.6) is 5.75 Å². The second kappa shape index (κ2) is 9.33. The minimum Gasteiger partial charge on any atom is -0.493 e. The van der Waals surface area contributed by atoms with Gasteiger partial charge >= 0.3 is 6.18 Å². The Morgan fingerprint density at radius 1 is 1.25 bits per heavy atom. The molecule has 1 aliphatic heterocycles. The highest BCUT2D eigenvalue weighted by Crippen LogP contribution is 2.30. The topological polar surface area (TPSA) is 68.2 Å². The van der Waals surface area contributed by atoms with Gasteiger partial charge in [0.2, 0.25) is 0 Å². The summed E-state index contributed by atoms with van der Waals surface area (Å²) in [5, 5.41) is 11.7. The summed E-state index contributed by atoms with van der Waals surface area (Å²) in [7, 11) is 1.94. The summed E-state index contributed by atoms with van der Waals surface area (Å²) < 4.78 is 51.3. The highest BCUT2D eigenvalue weighted by atomic mass is 19.4. The van der Waals surface area contributed by atoms with Crippen molar-refractivity contribution in [2.24, 2.45) is 7.05 Å². The summed E-state index contributed by atoms with van der Waals surface area (Å²) in [5.74, 6) is 0.398. The van der Waals surface area contributed by atoms with Crippen LogP contribution >= 0.6 is 0 Å². The van der Waals surface area contributed by atoms with E-state index in [0.29, 0.717) is 25.4 Å². The van der Waals surface area contributed by atoms with Crippen LogP contribution in [-0.4, -0.2) is 51.2 Å². The van der Waals surface area contributed by atoms with Gasteiger partial charge in [-0.25, -0.2) is 0 Å². The van der Waals surface area contributed by atoms with Gasteiger partial charge in [-0.1, -0.05) is 0 Å². The van der Waals surface area contributed by atoms with Crippen LogP contribution in [0.15, 0.2) is 36.5 Å². The molecule has 0 unspecified atom stereocenters. The van der Waals surface area contributed by atoms with Crippen molar-refractivity contribution in [2.45, 2.75) is 32.2 Å². The van der Waals surface area contributed by atoms with Crippen molar-refractivity contribution in [1.29, 1.82) is 0 Å². The van der Waals surface area contributed by atoms with E-state index in [2.05, 4.69) is 27.1 Å². The zero-order valence-corrected chi connectivity index (χ0v) is 18.0. The molecule has 1 aromatic carbocycles. The Morgan fingerprint density at radius 3 is 2.72 bits per heavy atom. The summed E-state index contributed by atoms with van der Waals surface area (Å²) in [6.45, 7) is 5.42. The lowest BCUT2D eigenvalue weighted by atomic mass is 10.1. The molecule has 7 nitrogen and oxygen atoms in total. The first kappa shape index (κ1) is 22.3. The average Bonchev–Trinajstić information content (AvgIpc) is 3.36. The zero-order valence-electron chi connectivity index (χ0n) is 18.0. The highest BCUT2D eigenvalue weighted by Gasteiger charge is 2.30. The molecule has 32 heavy (non-hydrogen) atoms. The van der Waals surface area contributed by atoms with Gasteiger partial charge in [0.05, 0.1) is 30.7 Å². The number of halogens is 3. The number of aromatic nitrogens is 4. The van der Waals surface area contributed by atoms with Crippen molar-refractivity contribution in [3.8, 4) is 5.75 Å².